The molecule has 0 radical (unpaired) electrons. The number of hydrogen-bond donors (Lipinski definition) is 1. The maximum atomic E-state index is 9.39. The predicted octanol–water partition coefficient (Wildman–Crippen LogP) is 4.99. The SMILES string of the molecule is Oc1ccc(N(c2ccsc2)c2ccsc2)cc1. The normalized spacial score (nSPS) is 10.4. The van der Waals surface area contributed by atoms with Crippen LogP contribution in [-0.2, 0) is 0 Å². The summed E-state index contributed by atoms with van der Waals surface area (Å²) in [7, 11) is 0. The van der Waals surface area contributed by atoms with E-state index in [-0.39, 0.29) is 5.75 Å². The minimum absolute atomic E-state index is 0.286. The molecule has 3 rings (SSSR count). The van der Waals surface area contributed by atoms with Gasteiger partial charge in [-0.25, -0.2) is 0 Å². The van der Waals surface area contributed by atoms with Crippen molar-refractivity contribution < 1.29 is 5.11 Å². The molecule has 2 nitrogen and oxygen atoms in total. The molecule has 2 aromatic heterocycles. The third-order valence-corrected chi connectivity index (χ3v) is 3.98. The van der Waals surface area contributed by atoms with Gasteiger partial charge in [-0.05, 0) is 47.2 Å². The molecule has 0 saturated carbocycles. The quantitative estimate of drug-likeness (QED) is 0.727. The zero-order chi connectivity index (χ0) is 12.4. The van der Waals surface area contributed by atoms with Crippen LogP contribution in [0.1, 0.15) is 0 Å². The minimum Gasteiger partial charge on any atom is -0.508 e. The largest absolute Gasteiger partial charge is 0.508 e. The molecule has 0 saturated heterocycles. The van der Waals surface area contributed by atoms with Crippen molar-refractivity contribution >= 4 is 39.7 Å². The summed E-state index contributed by atoms with van der Waals surface area (Å²) in [6.07, 6.45) is 0. The van der Waals surface area contributed by atoms with Crippen molar-refractivity contribution in [3.63, 3.8) is 0 Å². The van der Waals surface area contributed by atoms with Crippen molar-refractivity contribution in [2.45, 2.75) is 0 Å². The lowest BCUT2D eigenvalue weighted by Crippen LogP contribution is -2.07. The van der Waals surface area contributed by atoms with E-state index in [2.05, 4.69) is 38.6 Å². The monoisotopic (exact) mass is 273 g/mol. The highest BCUT2D eigenvalue weighted by atomic mass is 32.1. The molecule has 0 aliphatic heterocycles. The van der Waals surface area contributed by atoms with E-state index in [4.69, 9.17) is 0 Å². The van der Waals surface area contributed by atoms with Gasteiger partial charge in [0.1, 0.15) is 5.75 Å². The fourth-order valence-electron chi connectivity index (χ4n) is 1.82. The highest BCUT2D eigenvalue weighted by molar-refractivity contribution is 7.08. The summed E-state index contributed by atoms with van der Waals surface area (Å²) < 4.78 is 0. The number of nitrogens with zero attached hydrogens (tertiary/aromatic N) is 1. The summed E-state index contributed by atoms with van der Waals surface area (Å²) in [5.74, 6) is 0.286. The molecule has 1 aromatic carbocycles. The van der Waals surface area contributed by atoms with Crippen molar-refractivity contribution in [3.8, 4) is 5.75 Å². The van der Waals surface area contributed by atoms with Crippen LogP contribution in [0.25, 0.3) is 0 Å². The molecule has 0 spiro atoms. The topological polar surface area (TPSA) is 23.5 Å². The van der Waals surface area contributed by atoms with Gasteiger partial charge in [0.05, 0.1) is 11.4 Å². The van der Waals surface area contributed by atoms with E-state index < -0.39 is 0 Å². The van der Waals surface area contributed by atoms with Crippen LogP contribution >= 0.6 is 22.7 Å². The number of phenols is 1. The summed E-state index contributed by atoms with van der Waals surface area (Å²) in [5, 5.41) is 17.7. The van der Waals surface area contributed by atoms with Crippen LogP contribution in [0.2, 0.25) is 0 Å². The lowest BCUT2D eigenvalue weighted by atomic mass is 10.2. The Morgan fingerprint density at radius 1 is 0.722 bits per heavy atom. The van der Waals surface area contributed by atoms with Crippen LogP contribution in [0.3, 0.4) is 0 Å². The van der Waals surface area contributed by atoms with Gasteiger partial charge in [0.2, 0.25) is 0 Å². The van der Waals surface area contributed by atoms with Crippen molar-refractivity contribution in [1.29, 1.82) is 0 Å². The third-order valence-electron chi connectivity index (χ3n) is 2.64. The Morgan fingerprint density at radius 3 is 1.72 bits per heavy atom. The molecule has 0 unspecified atom stereocenters. The molecule has 0 fully saturated rings. The van der Waals surface area contributed by atoms with E-state index in [0.29, 0.717) is 0 Å². The van der Waals surface area contributed by atoms with Crippen LogP contribution < -0.4 is 4.90 Å². The average Bonchev–Trinajstić information content (AvgIpc) is 3.06. The van der Waals surface area contributed by atoms with E-state index in [1.54, 1.807) is 34.8 Å². The second-order valence-corrected chi connectivity index (χ2v) is 5.37. The number of aromatic hydroxyl groups is 1. The van der Waals surface area contributed by atoms with E-state index in [0.717, 1.165) is 17.1 Å². The van der Waals surface area contributed by atoms with Crippen molar-refractivity contribution in [3.05, 3.63) is 57.9 Å². The fraction of sp³-hybridized carbons (Fsp3) is 0. The molecule has 2 heterocycles. The Kier molecular flexibility index (Phi) is 3.04. The zero-order valence-corrected chi connectivity index (χ0v) is 11.1. The van der Waals surface area contributed by atoms with Crippen molar-refractivity contribution in [2.75, 3.05) is 4.90 Å². The molecule has 3 aromatic rings. The average molecular weight is 273 g/mol. The number of phenolic OH excluding ortho intramolecular Hbond substituents is 1. The van der Waals surface area contributed by atoms with Gasteiger partial charge < -0.3 is 10.0 Å². The van der Waals surface area contributed by atoms with Gasteiger partial charge in [-0.2, -0.15) is 22.7 Å². The number of benzene rings is 1. The smallest absolute Gasteiger partial charge is 0.115 e. The molecule has 0 bridgehead atoms. The Hall–Kier alpha value is -1.78. The van der Waals surface area contributed by atoms with Gasteiger partial charge in [-0.15, -0.1) is 0 Å². The number of thiophene rings is 2. The molecule has 0 aliphatic carbocycles. The first-order valence-electron chi connectivity index (χ1n) is 5.48. The molecule has 18 heavy (non-hydrogen) atoms. The van der Waals surface area contributed by atoms with Crippen molar-refractivity contribution in [1.82, 2.24) is 0 Å². The van der Waals surface area contributed by atoms with Crippen LogP contribution in [-0.4, -0.2) is 5.11 Å². The summed E-state index contributed by atoms with van der Waals surface area (Å²) in [6.45, 7) is 0. The van der Waals surface area contributed by atoms with Gasteiger partial charge in [-0.3, -0.25) is 0 Å². The molecular formula is C14H11NOS2. The van der Waals surface area contributed by atoms with Crippen LogP contribution in [0.5, 0.6) is 5.75 Å². The van der Waals surface area contributed by atoms with Gasteiger partial charge in [0.15, 0.2) is 0 Å². The first-order chi connectivity index (χ1) is 8.84. The van der Waals surface area contributed by atoms with Gasteiger partial charge in [0.25, 0.3) is 0 Å². The van der Waals surface area contributed by atoms with Gasteiger partial charge in [0, 0.05) is 16.4 Å². The van der Waals surface area contributed by atoms with Crippen LogP contribution in [0.15, 0.2) is 57.9 Å². The van der Waals surface area contributed by atoms with E-state index in [9.17, 15) is 5.11 Å². The van der Waals surface area contributed by atoms with Crippen LogP contribution in [0, 0.1) is 0 Å². The second kappa shape index (κ2) is 4.84. The fourth-order valence-corrected chi connectivity index (χ4v) is 3.06. The summed E-state index contributed by atoms with van der Waals surface area (Å²) in [4.78, 5) is 2.17. The summed E-state index contributed by atoms with van der Waals surface area (Å²) >= 11 is 3.35. The number of anilines is 3. The first kappa shape index (κ1) is 11.3. The minimum atomic E-state index is 0.286. The maximum Gasteiger partial charge on any atom is 0.115 e. The zero-order valence-electron chi connectivity index (χ0n) is 9.48. The maximum absolute atomic E-state index is 9.39. The molecule has 0 aliphatic rings. The van der Waals surface area contributed by atoms with Gasteiger partial charge >= 0.3 is 0 Å². The van der Waals surface area contributed by atoms with E-state index in [1.807, 2.05) is 12.1 Å². The van der Waals surface area contributed by atoms with E-state index >= 15 is 0 Å². The molecular weight excluding hydrogens is 262 g/mol. The van der Waals surface area contributed by atoms with E-state index in [1.165, 1.54) is 0 Å². The Labute approximate surface area is 113 Å². The second-order valence-electron chi connectivity index (χ2n) is 3.81. The standard InChI is InChI=1S/C14H11NOS2/c16-14-3-1-11(2-4-14)15(12-5-7-17-9-12)13-6-8-18-10-13/h1-10,16H. The Bertz CT molecular complexity index is 566. The van der Waals surface area contributed by atoms with Gasteiger partial charge in [-0.1, -0.05) is 0 Å². The summed E-state index contributed by atoms with van der Waals surface area (Å²) in [5.41, 5.74) is 3.33. The Morgan fingerprint density at radius 2 is 1.28 bits per heavy atom. The number of rotatable bonds is 3. The lowest BCUT2D eigenvalue weighted by molar-refractivity contribution is 0.475. The highest BCUT2D eigenvalue weighted by Crippen LogP contribution is 2.37. The van der Waals surface area contributed by atoms with Crippen LogP contribution in [0.4, 0.5) is 17.1 Å². The molecule has 1 N–H and O–H groups in total. The van der Waals surface area contributed by atoms with Crippen molar-refractivity contribution in [2.24, 2.45) is 0 Å². The number of hydrogen-bond acceptors (Lipinski definition) is 4. The first-order valence-corrected chi connectivity index (χ1v) is 7.37. The predicted molar refractivity (Wildman–Crippen MR) is 78.5 cm³/mol. The lowest BCUT2D eigenvalue weighted by Gasteiger charge is -2.22. The molecule has 0 amide bonds. The Balaban J connectivity index is 2.08. The molecule has 4 heteroatoms. The molecule has 90 valence electrons. The molecule has 0 atom stereocenters. The third kappa shape index (κ3) is 2.12. The highest BCUT2D eigenvalue weighted by Gasteiger charge is 2.12. The summed E-state index contributed by atoms with van der Waals surface area (Å²) in [6, 6.07) is 11.4.